The zero-order valence-electron chi connectivity index (χ0n) is 13.8. The molecule has 2 aromatic carbocycles. The van der Waals surface area contributed by atoms with Crippen LogP contribution in [-0.2, 0) is 4.79 Å². The monoisotopic (exact) mass is 364 g/mol. The van der Waals surface area contributed by atoms with Gasteiger partial charge in [-0.05, 0) is 30.2 Å². The standard InChI is InChI=1S/C18H18F2N2O4/c1-18(25,17(19)20)14(16(24)22-26)21-15(23)13-9-7-12(8-10-13)11-5-3-2-4-6-11/h2-10,14,17,25-26H,1H3,(H,21,23)(H,22,24)/t14-,18+/m1/s1. The molecule has 8 heteroatoms. The number of halogens is 2. The molecule has 0 bridgehead atoms. The molecule has 2 amide bonds. The summed E-state index contributed by atoms with van der Waals surface area (Å²) in [6.07, 6.45) is -3.33. The van der Waals surface area contributed by atoms with Crippen molar-refractivity contribution in [3.05, 3.63) is 60.2 Å². The molecule has 0 saturated carbocycles. The second-order valence-corrected chi connectivity index (χ2v) is 5.85. The Balaban J connectivity index is 2.20. The van der Waals surface area contributed by atoms with E-state index < -0.39 is 29.9 Å². The fraction of sp³-hybridized carbons (Fsp3) is 0.222. The molecule has 0 aliphatic rings. The Kier molecular flexibility index (Phi) is 6.01. The predicted molar refractivity (Wildman–Crippen MR) is 89.7 cm³/mol. The van der Waals surface area contributed by atoms with E-state index in [0.29, 0.717) is 6.92 Å². The maximum absolute atomic E-state index is 13.0. The minimum atomic E-state index is -3.33. The number of hydrogen-bond acceptors (Lipinski definition) is 4. The van der Waals surface area contributed by atoms with Gasteiger partial charge < -0.3 is 10.4 Å². The van der Waals surface area contributed by atoms with E-state index >= 15 is 0 Å². The molecule has 2 aromatic rings. The molecule has 0 heterocycles. The maximum atomic E-state index is 13.0. The van der Waals surface area contributed by atoms with Gasteiger partial charge in [0.05, 0.1) is 0 Å². The summed E-state index contributed by atoms with van der Waals surface area (Å²) >= 11 is 0. The Morgan fingerprint density at radius 3 is 2.04 bits per heavy atom. The third-order valence-electron chi connectivity index (χ3n) is 3.93. The zero-order valence-corrected chi connectivity index (χ0v) is 13.8. The van der Waals surface area contributed by atoms with Crippen molar-refractivity contribution in [2.45, 2.75) is 25.0 Å². The zero-order chi connectivity index (χ0) is 19.3. The van der Waals surface area contributed by atoms with Crippen LogP contribution in [0, 0.1) is 0 Å². The molecule has 0 saturated heterocycles. The molecule has 2 rings (SSSR count). The Labute approximate surface area is 148 Å². The first kappa shape index (κ1) is 19.5. The van der Waals surface area contributed by atoms with Crippen molar-refractivity contribution in [2.75, 3.05) is 0 Å². The van der Waals surface area contributed by atoms with Gasteiger partial charge in [-0.1, -0.05) is 42.5 Å². The molecule has 0 fully saturated rings. The summed E-state index contributed by atoms with van der Waals surface area (Å²) in [7, 11) is 0. The summed E-state index contributed by atoms with van der Waals surface area (Å²) in [4.78, 5) is 23.9. The van der Waals surface area contributed by atoms with E-state index in [1.54, 1.807) is 12.1 Å². The van der Waals surface area contributed by atoms with Crippen molar-refractivity contribution in [3.8, 4) is 11.1 Å². The van der Waals surface area contributed by atoms with Crippen LogP contribution in [-0.4, -0.2) is 40.2 Å². The predicted octanol–water partition coefficient (Wildman–Crippen LogP) is 1.97. The number of carbonyl (C=O) groups is 2. The van der Waals surface area contributed by atoms with Gasteiger partial charge >= 0.3 is 0 Å². The van der Waals surface area contributed by atoms with Gasteiger partial charge in [0.15, 0.2) is 5.60 Å². The SMILES string of the molecule is C[C@@](O)(C(F)F)[C@H](NC(=O)c1ccc(-c2ccccc2)cc1)C(=O)NO. The highest BCUT2D eigenvalue weighted by Gasteiger charge is 2.46. The van der Waals surface area contributed by atoms with Crippen LogP contribution in [0.3, 0.4) is 0 Å². The number of aliphatic hydroxyl groups is 1. The van der Waals surface area contributed by atoms with Crippen molar-refractivity contribution >= 4 is 11.8 Å². The van der Waals surface area contributed by atoms with E-state index in [1.165, 1.54) is 17.6 Å². The Bertz CT molecular complexity index is 765. The Morgan fingerprint density at radius 2 is 1.54 bits per heavy atom. The van der Waals surface area contributed by atoms with Crippen molar-refractivity contribution in [1.29, 1.82) is 0 Å². The number of hydrogen-bond donors (Lipinski definition) is 4. The molecule has 138 valence electrons. The normalized spacial score (nSPS) is 14.4. The molecule has 0 aliphatic heterocycles. The van der Waals surface area contributed by atoms with Crippen molar-refractivity contribution in [2.24, 2.45) is 0 Å². The van der Waals surface area contributed by atoms with Crippen LogP contribution >= 0.6 is 0 Å². The van der Waals surface area contributed by atoms with Crippen LogP contribution in [0.4, 0.5) is 8.78 Å². The lowest BCUT2D eigenvalue weighted by Crippen LogP contribution is -2.61. The third-order valence-corrected chi connectivity index (χ3v) is 3.93. The summed E-state index contributed by atoms with van der Waals surface area (Å²) in [5.41, 5.74) is 0.168. The molecule has 0 unspecified atom stereocenters. The van der Waals surface area contributed by atoms with Gasteiger partial charge in [-0.15, -0.1) is 0 Å². The van der Waals surface area contributed by atoms with Crippen LogP contribution < -0.4 is 10.8 Å². The van der Waals surface area contributed by atoms with Crippen molar-refractivity contribution in [1.82, 2.24) is 10.8 Å². The number of carbonyl (C=O) groups excluding carboxylic acids is 2. The van der Waals surface area contributed by atoms with E-state index in [-0.39, 0.29) is 5.56 Å². The highest BCUT2D eigenvalue weighted by Crippen LogP contribution is 2.22. The first-order valence-electron chi connectivity index (χ1n) is 7.68. The van der Waals surface area contributed by atoms with Gasteiger partial charge in [0.2, 0.25) is 0 Å². The molecule has 0 spiro atoms. The quantitative estimate of drug-likeness (QED) is 0.465. The van der Waals surface area contributed by atoms with E-state index in [1.807, 2.05) is 35.6 Å². The highest BCUT2D eigenvalue weighted by atomic mass is 19.3. The molecule has 0 aromatic heterocycles. The lowest BCUT2D eigenvalue weighted by molar-refractivity contribution is -0.149. The van der Waals surface area contributed by atoms with Crippen LogP contribution in [0.2, 0.25) is 0 Å². The van der Waals surface area contributed by atoms with Gasteiger partial charge in [-0.2, -0.15) is 0 Å². The van der Waals surface area contributed by atoms with E-state index in [2.05, 4.69) is 0 Å². The largest absolute Gasteiger partial charge is 0.381 e. The summed E-state index contributed by atoms with van der Waals surface area (Å²) in [5, 5.41) is 20.5. The Hall–Kier alpha value is -2.84. The number of benzene rings is 2. The molecular weight excluding hydrogens is 346 g/mol. The highest BCUT2D eigenvalue weighted by molar-refractivity contribution is 5.98. The maximum Gasteiger partial charge on any atom is 0.269 e. The minimum absolute atomic E-state index is 0.102. The summed E-state index contributed by atoms with van der Waals surface area (Å²) < 4.78 is 26.0. The lowest BCUT2D eigenvalue weighted by atomic mass is 9.95. The van der Waals surface area contributed by atoms with Crippen LogP contribution in [0.25, 0.3) is 11.1 Å². The third kappa shape index (κ3) is 4.22. The number of nitrogens with one attached hydrogen (secondary N) is 2. The summed E-state index contributed by atoms with van der Waals surface area (Å²) in [6.45, 7) is 0.691. The van der Waals surface area contributed by atoms with Crippen molar-refractivity contribution < 1.29 is 28.7 Å². The van der Waals surface area contributed by atoms with Gasteiger partial charge in [0, 0.05) is 5.56 Å². The van der Waals surface area contributed by atoms with Gasteiger partial charge in [0.25, 0.3) is 18.2 Å². The second kappa shape index (κ2) is 8.03. The minimum Gasteiger partial charge on any atom is -0.381 e. The van der Waals surface area contributed by atoms with Gasteiger partial charge in [-0.3, -0.25) is 14.8 Å². The van der Waals surface area contributed by atoms with Gasteiger partial charge in [0.1, 0.15) is 6.04 Å². The number of amides is 2. The molecule has 0 aliphatic carbocycles. The average molecular weight is 364 g/mol. The number of alkyl halides is 2. The smallest absolute Gasteiger partial charge is 0.269 e. The molecule has 2 atom stereocenters. The van der Waals surface area contributed by atoms with Gasteiger partial charge in [-0.25, -0.2) is 14.3 Å². The summed E-state index contributed by atoms with van der Waals surface area (Å²) in [5.74, 6) is -2.20. The van der Waals surface area contributed by atoms with E-state index in [4.69, 9.17) is 5.21 Å². The average Bonchev–Trinajstić information content (AvgIpc) is 2.65. The molecule has 0 radical (unpaired) electrons. The Morgan fingerprint density at radius 1 is 1.00 bits per heavy atom. The topological polar surface area (TPSA) is 98.7 Å². The van der Waals surface area contributed by atoms with Crippen molar-refractivity contribution in [3.63, 3.8) is 0 Å². The van der Waals surface area contributed by atoms with Crippen LogP contribution in [0.15, 0.2) is 54.6 Å². The molecule has 6 nitrogen and oxygen atoms in total. The lowest BCUT2D eigenvalue weighted by Gasteiger charge is -2.30. The molecular formula is C18H18F2N2O4. The first-order chi connectivity index (χ1) is 12.3. The van der Waals surface area contributed by atoms with Crippen LogP contribution in [0.1, 0.15) is 17.3 Å². The van der Waals surface area contributed by atoms with E-state index in [0.717, 1.165) is 11.1 Å². The summed E-state index contributed by atoms with van der Waals surface area (Å²) in [6, 6.07) is 13.6. The molecule has 4 N–H and O–H groups in total. The number of rotatable bonds is 6. The fourth-order valence-electron chi connectivity index (χ4n) is 2.33. The number of hydroxylamine groups is 1. The fourth-order valence-corrected chi connectivity index (χ4v) is 2.33. The first-order valence-corrected chi connectivity index (χ1v) is 7.68. The van der Waals surface area contributed by atoms with E-state index in [9.17, 15) is 23.5 Å². The molecule has 26 heavy (non-hydrogen) atoms. The second-order valence-electron chi connectivity index (χ2n) is 5.85. The van der Waals surface area contributed by atoms with Crippen LogP contribution in [0.5, 0.6) is 0 Å².